The molecule has 0 bridgehead atoms. The van der Waals surface area contributed by atoms with E-state index in [9.17, 15) is 9.59 Å². The second-order valence-electron chi connectivity index (χ2n) is 3.26. The Morgan fingerprint density at radius 1 is 1.29 bits per heavy atom. The van der Waals surface area contributed by atoms with Crippen molar-refractivity contribution in [2.45, 2.75) is 26.3 Å². The van der Waals surface area contributed by atoms with Crippen LogP contribution >= 0.6 is 0 Å². The molecule has 0 N–H and O–H groups in total. The van der Waals surface area contributed by atoms with E-state index in [1.807, 2.05) is 0 Å². The maximum atomic E-state index is 11.7. The van der Waals surface area contributed by atoms with Crippen LogP contribution in [0.15, 0.2) is 18.5 Å². The molecule has 0 radical (unpaired) electrons. The van der Waals surface area contributed by atoms with E-state index >= 15 is 0 Å². The predicted molar refractivity (Wildman–Crippen MR) is 59.1 cm³/mol. The Hall–Kier alpha value is -1.85. The van der Waals surface area contributed by atoms with Gasteiger partial charge in [-0.1, -0.05) is 0 Å². The van der Waals surface area contributed by atoms with Gasteiger partial charge in [0, 0.05) is 12.4 Å². The monoisotopic (exact) mass is 240 g/mol. The van der Waals surface area contributed by atoms with Crippen LogP contribution in [0.5, 0.6) is 0 Å². The molecule has 1 atom stereocenters. The molecule has 1 rings (SSSR count). The second kappa shape index (κ2) is 6.67. The van der Waals surface area contributed by atoms with Gasteiger partial charge in [0.25, 0.3) is 0 Å². The molecule has 0 aliphatic carbocycles. The lowest BCUT2D eigenvalue weighted by molar-refractivity contribution is -0.154. The zero-order valence-corrected chi connectivity index (χ0v) is 9.96. The molecule has 6 nitrogen and oxygen atoms in total. The van der Waals surface area contributed by atoms with Gasteiger partial charge in [-0.2, -0.15) is 5.10 Å². The Morgan fingerprint density at radius 2 is 2.00 bits per heavy atom. The first-order valence-corrected chi connectivity index (χ1v) is 5.50. The van der Waals surface area contributed by atoms with E-state index < -0.39 is 18.0 Å². The van der Waals surface area contributed by atoms with Gasteiger partial charge in [-0.25, -0.2) is 4.79 Å². The molecule has 6 heteroatoms. The van der Waals surface area contributed by atoms with E-state index in [1.54, 1.807) is 26.1 Å². The first-order valence-electron chi connectivity index (χ1n) is 5.50. The number of nitrogens with zero attached hydrogens (tertiary/aromatic N) is 2. The molecule has 0 spiro atoms. The minimum Gasteiger partial charge on any atom is -0.466 e. The fourth-order valence-corrected chi connectivity index (χ4v) is 1.37. The van der Waals surface area contributed by atoms with Crippen LogP contribution in [-0.4, -0.2) is 34.9 Å². The Morgan fingerprint density at radius 3 is 2.53 bits per heavy atom. The molecule has 0 amide bonds. The van der Waals surface area contributed by atoms with Crippen molar-refractivity contribution in [3.8, 4) is 0 Å². The summed E-state index contributed by atoms with van der Waals surface area (Å²) in [5.41, 5.74) is 0. The molecule has 0 saturated carbocycles. The molecule has 1 aromatic rings. The zero-order chi connectivity index (χ0) is 12.7. The fraction of sp³-hybridized carbons (Fsp3) is 0.545. The number of aromatic nitrogens is 2. The quantitative estimate of drug-likeness (QED) is 0.692. The maximum absolute atomic E-state index is 11.7. The van der Waals surface area contributed by atoms with Crippen molar-refractivity contribution in [2.24, 2.45) is 0 Å². The Kier molecular flexibility index (Phi) is 5.19. The molecular formula is C11H16N2O4. The SMILES string of the molecule is CCOC(=O)C[C@H](C(=O)OCC)n1cccn1. The Bertz CT molecular complexity index is 362. The van der Waals surface area contributed by atoms with Gasteiger partial charge in [0.15, 0.2) is 6.04 Å². The molecule has 0 aromatic carbocycles. The topological polar surface area (TPSA) is 70.4 Å². The normalized spacial score (nSPS) is 11.9. The molecule has 0 fully saturated rings. The third kappa shape index (κ3) is 3.90. The summed E-state index contributed by atoms with van der Waals surface area (Å²) in [6.45, 7) is 3.97. The third-order valence-corrected chi connectivity index (χ3v) is 2.07. The van der Waals surface area contributed by atoms with Gasteiger partial charge >= 0.3 is 11.9 Å². The summed E-state index contributed by atoms with van der Waals surface area (Å²) in [6, 6.07) is 0.918. The van der Waals surface area contributed by atoms with Crippen LogP contribution in [0, 0.1) is 0 Å². The standard InChI is InChI=1S/C11H16N2O4/c1-3-16-10(14)8-9(11(15)17-4-2)13-7-5-6-12-13/h5-7,9H,3-4,8H2,1-2H3/t9-/m1/s1. The van der Waals surface area contributed by atoms with E-state index in [1.165, 1.54) is 10.9 Å². The average molecular weight is 240 g/mol. The summed E-state index contributed by atoms with van der Waals surface area (Å²) in [6.07, 6.45) is 3.08. The van der Waals surface area contributed by atoms with Crippen molar-refractivity contribution in [2.75, 3.05) is 13.2 Å². The zero-order valence-electron chi connectivity index (χ0n) is 9.96. The molecule has 1 aromatic heterocycles. The van der Waals surface area contributed by atoms with Gasteiger partial charge in [-0.05, 0) is 19.9 Å². The van der Waals surface area contributed by atoms with E-state index in [-0.39, 0.29) is 19.6 Å². The van der Waals surface area contributed by atoms with E-state index in [0.29, 0.717) is 0 Å². The fourth-order valence-electron chi connectivity index (χ4n) is 1.37. The van der Waals surface area contributed by atoms with Crippen LogP contribution in [0.3, 0.4) is 0 Å². The molecule has 94 valence electrons. The number of carbonyl (C=O) groups excluding carboxylic acids is 2. The van der Waals surface area contributed by atoms with Gasteiger partial charge in [-0.15, -0.1) is 0 Å². The first kappa shape index (κ1) is 13.2. The summed E-state index contributed by atoms with van der Waals surface area (Å²) in [5.74, 6) is -0.926. The van der Waals surface area contributed by atoms with Crippen molar-refractivity contribution in [1.82, 2.24) is 9.78 Å². The molecular weight excluding hydrogens is 224 g/mol. The lowest BCUT2D eigenvalue weighted by Crippen LogP contribution is -2.26. The van der Waals surface area contributed by atoms with Gasteiger partial charge < -0.3 is 9.47 Å². The van der Waals surface area contributed by atoms with Crippen LogP contribution in [0.4, 0.5) is 0 Å². The summed E-state index contributed by atoms with van der Waals surface area (Å²) in [4.78, 5) is 23.1. The number of esters is 2. The van der Waals surface area contributed by atoms with Gasteiger partial charge in [0.2, 0.25) is 0 Å². The lowest BCUT2D eigenvalue weighted by Gasteiger charge is -2.15. The van der Waals surface area contributed by atoms with Gasteiger partial charge in [0.05, 0.1) is 19.6 Å². The molecule has 17 heavy (non-hydrogen) atoms. The highest BCUT2D eigenvalue weighted by molar-refractivity contribution is 5.81. The molecule has 0 aliphatic rings. The number of hydrogen-bond donors (Lipinski definition) is 0. The molecule has 0 unspecified atom stereocenters. The second-order valence-corrected chi connectivity index (χ2v) is 3.26. The number of carbonyl (C=O) groups is 2. The van der Waals surface area contributed by atoms with Crippen molar-refractivity contribution in [3.05, 3.63) is 18.5 Å². The summed E-state index contributed by atoms with van der Waals surface area (Å²) in [7, 11) is 0. The molecule has 0 aliphatic heterocycles. The minimum absolute atomic E-state index is 0.0750. The van der Waals surface area contributed by atoms with Gasteiger partial charge in [0.1, 0.15) is 0 Å². The van der Waals surface area contributed by atoms with Crippen LogP contribution in [0.25, 0.3) is 0 Å². The number of ether oxygens (including phenoxy) is 2. The largest absolute Gasteiger partial charge is 0.466 e. The van der Waals surface area contributed by atoms with Crippen LogP contribution in [0.2, 0.25) is 0 Å². The average Bonchev–Trinajstić information content (AvgIpc) is 2.79. The van der Waals surface area contributed by atoms with Crippen LogP contribution < -0.4 is 0 Å². The van der Waals surface area contributed by atoms with Gasteiger partial charge in [-0.3, -0.25) is 9.48 Å². The van der Waals surface area contributed by atoms with Crippen molar-refractivity contribution < 1.29 is 19.1 Å². The number of rotatable bonds is 6. The van der Waals surface area contributed by atoms with Crippen molar-refractivity contribution in [3.63, 3.8) is 0 Å². The van der Waals surface area contributed by atoms with Crippen LogP contribution in [-0.2, 0) is 19.1 Å². The number of hydrogen-bond acceptors (Lipinski definition) is 5. The minimum atomic E-state index is -0.760. The molecule has 1 heterocycles. The summed E-state index contributed by atoms with van der Waals surface area (Å²) < 4.78 is 11.1. The summed E-state index contributed by atoms with van der Waals surface area (Å²) in [5, 5.41) is 3.94. The third-order valence-electron chi connectivity index (χ3n) is 2.07. The van der Waals surface area contributed by atoms with E-state index in [4.69, 9.17) is 9.47 Å². The molecule has 0 saturated heterocycles. The van der Waals surface area contributed by atoms with Crippen molar-refractivity contribution in [1.29, 1.82) is 0 Å². The smallest absolute Gasteiger partial charge is 0.331 e. The van der Waals surface area contributed by atoms with E-state index in [0.717, 1.165) is 0 Å². The predicted octanol–water partition coefficient (Wildman–Crippen LogP) is 0.940. The lowest BCUT2D eigenvalue weighted by atomic mass is 10.2. The maximum Gasteiger partial charge on any atom is 0.331 e. The van der Waals surface area contributed by atoms with Crippen molar-refractivity contribution >= 4 is 11.9 Å². The highest BCUT2D eigenvalue weighted by Gasteiger charge is 2.25. The highest BCUT2D eigenvalue weighted by Crippen LogP contribution is 2.13. The summed E-state index contributed by atoms with van der Waals surface area (Å²) >= 11 is 0. The van der Waals surface area contributed by atoms with Crippen LogP contribution in [0.1, 0.15) is 26.3 Å². The van der Waals surface area contributed by atoms with E-state index in [2.05, 4.69) is 5.10 Å². The first-order chi connectivity index (χ1) is 8.19. The Labute approximate surface area is 99.5 Å². The Balaban J connectivity index is 2.73. The highest BCUT2D eigenvalue weighted by atomic mass is 16.5.